The zero-order valence-corrected chi connectivity index (χ0v) is 17.3. The van der Waals surface area contributed by atoms with E-state index in [0.717, 1.165) is 11.3 Å². The molecule has 27 heavy (non-hydrogen) atoms. The van der Waals surface area contributed by atoms with Crippen molar-refractivity contribution in [3.63, 3.8) is 0 Å². The van der Waals surface area contributed by atoms with Crippen LogP contribution >= 0.6 is 11.3 Å². The van der Waals surface area contributed by atoms with Crippen LogP contribution in [0.25, 0.3) is 11.4 Å². The molecular weight excluding hydrogens is 388 g/mol. The Morgan fingerprint density at radius 2 is 2.11 bits per heavy atom. The minimum Gasteiger partial charge on any atom is -0.354 e. The predicted octanol–water partition coefficient (Wildman–Crippen LogP) is 2.29. The smallest absolute Gasteiger partial charge is 0.252 e. The fraction of sp³-hybridized carbons (Fsp3) is 0.588. The van der Waals surface area contributed by atoms with Gasteiger partial charge in [-0.3, -0.25) is 4.79 Å². The van der Waals surface area contributed by atoms with Crippen molar-refractivity contribution in [3.05, 3.63) is 17.3 Å². The topological polar surface area (TPSA) is 105 Å². The second kappa shape index (κ2) is 8.07. The Labute approximate surface area is 163 Å². The molecule has 10 heteroatoms. The summed E-state index contributed by atoms with van der Waals surface area (Å²) >= 11 is 1.15. The Bertz CT molecular complexity index is 896. The van der Waals surface area contributed by atoms with Crippen LogP contribution < -0.4 is 5.32 Å². The molecular formula is C17H24N4O4S2. The summed E-state index contributed by atoms with van der Waals surface area (Å²) in [6.45, 7) is 6.42. The Morgan fingerprint density at radius 1 is 1.41 bits per heavy atom. The van der Waals surface area contributed by atoms with Crippen LogP contribution in [0.1, 0.15) is 39.5 Å². The molecule has 0 spiro atoms. The van der Waals surface area contributed by atoms with Crippen LogP contribution in [-0.2, 0) is 21.2 Å². The fourth-order valence-corrected chi connectivity index (χ4v) is 5.75. The Morgan fingerprint density at radius 3 is 2.70 bits per heavy atom. The first kappa shape index (κ1) is 20.0. The highest BCUT2D eigenvalue weighted by Gasteiger charge is 2.33. The highest BCUT2D eigenvalue weighted by atomic mass is 32.2. The van der Waals surface area contributed by atoms with Crippen molar-refractivity contribution in [2.24, 2.45) is 5.92 Å². The van der Waals surface area contributed by atoms with Crippen LogP contribution in [0.15, 0.2) is 20.2 Å². The molecule has 0 aromatic carbocycles. The Kier molecular flexibility index (Phi) is 5.97. The number of piperidine rings is 1. The van der Waals surface area contributed by atoms with Crippen molar-refractivity contribution in [2.45, 2.75) is 50.3 Å². The lowest BCUT2D eigenvalue weighted by Gasteiger charge is -2.30. The molecule has 0 bridgehead atoms. The number of nitrogens with zero attached hydrogens (tertiary/aromatic N) is 3. The third-order valence-corrected chi connectivity index (χ3v) is 7.77. The highest BCUT2D eigenvalue weighted by Crippen LogP contribution is 2.31. The molecule has 1 N–H and O–H groups in total. The third kappa shape index (κ3) is 4.39. The molecule has 0 radical (unpaired) electrons. The molecule has 0 aliphatic carbocycles. The van der Waals surface area contributed by atoms with Crippen LogP contribution in [0, 0.1) is 5.92 Å². The summed E-state index contributed by atoms with van der Waals surface area (Å²) in [7, 11) is -3.59. The highest BCUT2D eigenvalue weighted by molar-refractivity contribution is 7.91. The molecule has 0 unspecified atom stereocenters. The maximum absolute atomic E-state index is 12.9. The molecule has 3 rings (SSSR count). The SMILES string of the molecule is CCc1nc(-c2csc(S(=O)(=O)N3CCC(C(=O)NC(C)C)CC3)c2)no1. The summed E-state index contributed by atoms with van der Waals surface area (Å²) < 4.78 is 32.6. The van der Waals surface area contributed by atoms with Gasteiger partial charge < -0.3 is 9.84 Å². The van der Waals surface area contributed by atoms with Crippen molar-refractivity contribution in [2.75, 3.05) is 13.1 Å². The zero-order valence-electron chi connectivity index (χ0n) is 15.6. The van der Waals surface area contributed by atoms with Crippen molar-refractivity contribution in [3.8, 4) is 11.4 Å². The van der Waals surface area contributed by atoms with E-state index in [4.69, 9.17) is 4.52 Å². The summed E-state index contributed by atoms with van der Waals surface area (Å²) in [5.74, 6) is 0.782. The van der Waals surface area contributed by atoms with Crippen molar-refractivity contribution in [1.29, 1.82) is 0 Å². The average Bonchev–Trinajstić information content (AvgIpc) is 3.30. The number of rotatable bonds is 6. The summed E-state index contributed by atoms with van der Waals surface area (Å²) in [5, 5.41) is 8.51. The molecule has 1 amide bonds. The number of sulfonamides is 1. The predicted molar refractivity (Wildman–Crippen MR) is 102 cm³/mol. The van der Waals surface area contributed by atoms with Gasteiger partial charge in [0.05, 0.1) is 0 Å². The number of aryl methyl sites for hydroxylation is 1. The van der Waals surface area contributed by atoms with Gasteiger partial charge in [-0.05, 0) is 32.8 Å². The second-order valence-corrected chi connectivity index (χ2v) is 9.94. The average molecular weight is 413 g/mol. The minimum atomic E-state index is -3.59. The number of nitrogens with one attached hydrogen (secondary N) is 1. The lowest BCUT2D eigenvalue weighted by atomic mass is 9.97. The molecule has 1 aliphatic heterocycles. The van der Waals surface area contributed by atoms with E-state index < -0.39 is 10.0 Å². The Hall–Kier alpha value is -1.78. The zero-order chi connectivity index (χ0) is 19.6. The number of carbonyl (C=O) groups is 1. The first-order valence-corrected chi connectivity index (χ1v) is 11.3. The number of amides is 1. The molecule has 1 aliphatic rings. The van der Waals surface area contributed by atoms with Gasteiger partial charge in [0.1, 0.15) is 4.21 Å². The number of aromatic nitrogens is 2. The monoisotopic (exact) mass is 412 g/mol. The lowest BCUT2D eigenvalue weighted by Crippen LogP contribution is -2.44. The van der Waals surface area contributed by atoms with Gasteiger partial charge in [-0.25, -0.2) is 8.42 Å². The van der Waals surface area contributed by atoms with E-state index in [9.17, 15) is 13.2 Å². The van der Waals surface area contributed by atoms with E-state index in [2.05, 4.69) is 15.5 Å². The summed E-state index contributed by atoms with van der Waals surface area (Å²) in [4.78, 5) is 16.4. The molecule has 1 saturated heterocycles. The molecule has 148 valence electrons. The van der Waals surface area contributed by atoms with Crippen LogP contribution in [0.3, 0.4) is 0 Å². The van der Waals surface area contributed by atoms with E-state index in [1.54, 1.807) is 11.4 Å². The van der Waals surface area contributed by atoms with Gasteiger partial charge in [0, 0.05) is 42.4 Å². The molecule has 3 heterocycles. The minimum absolute atomic E-state index is 0.00397. The number of carbonyl (C=O) groups excluding carboxylic acids is 1. The van der Waals surface area contributed by atoms with Crippen LogP contribution in [0.2, 0.25) is 0 Å². The van der Waals surface area contributed by atoms with E-state index >= 15 is 0 Å². The standard InChI is InChI=1S/C17H24N4O4S2/c1-4-14-19-16(20-25-14)13-9-15(26-10-13)27(23,24)21-7-5-12(6-8-21)17(22)18-11(2)3/h9-12H,4-8H2,1-3H3,(H,18,22). The summed E-state index contributed by atoms with van der Waals surface area (Å²) in [6, 6.07) is 1.67. The van der Waals surface area contributed by atoms with Crippen molar-refractivity contribution >= 4 is 27.3 Å². The normalized spacial score (nSPS) is 16.7. The Balaban J connectivity index is 1.68. The van der Waals surface area contributed by atoms with Gasteiger partial charge in [0.2, 0.25) is 17.6 Å². The van der Waals surface area contributed by atoms with Gasteiger partial charge in [-0.15, -0.1) is 11.3 Å². The molecule has 8 nitrogen and oxygen atoms in total. The van der Waals surface area contributed by atoms with E-state index in [0.29, 0.717) is 49.6 Å². The molecule has 2 aromatic heterocycles. The fourth-order valence-electron chi connectivity index (χ4n) is 2.97. The van der Waals surface area contributed by atoms with E-state index in [1.807, 2.05) is 20.8 Å². The van der Waals surface area contributed by atoms with Gasteiger partial charge in [-0.2, -0.15) is 9.29 Å². The van der Waals surface area contributed by atoms with Gasteiger partial charge >= 0.3 is 0 Å². The van der Waals surface area contributed by atoms with Gasteiger partial charge in [0.15, 0.2) is 0 Å². The molecule has 0 atom stereocenters. The second-order valence-electron chi connectivity index (χ2n) is 6.86. The molecule has 2 aromatic rings. The van der Waals surface area contributed by atoms with Gasteiger partial charge in [-0.1, -0.05) is 12.1 Å². The lowest BCUT2D eigenvalue weighted by molar-refractivity contribution is -0.126. The maximum atomic E-state index is 12.9. The molecule has 1 fully saturated rings. The molecule has 0 saturated carbocycles. The summed E-state index contributed by atoms with van der Waals surface area (Å²) in [5.41, 5.74) is 0.633. The maximum Gasteiger partial charge on any atom is 0.252 e. The van der Waals surface area contributed by atoms with Crippen molar-refractivity contribution < 1.29 is 17.7 Å². The van der Waals surface area contributed by atoms with Crippen molar-refractivity contribution in [1.82, 2.24) is 19.8 Å². The van der Waals surface area contributed by atoms with Crippen LogP contribution in [0.4, 0.5) is 0 Å². The van der Waals surface area contributed by atoms with E-state index in [1.165, 1.54) is 4.31 Å². The van der Waals surface area contributed by atoms with Gasteiger partial charge in [0.25, 0.3) is 10.0 Å². The largest absolute Gasteiger partial charge is 0.354 e. The van der Waals surface area contributed by atoms with Crippen LogP contribution in [-0.4, -0.2) is 47.9 Å². The quantitative estimate of drug-likeness (QED) is 0.780. The number of hydrogen-bond donors (Lipinski definition) is 1. The number of thiophene rings is 1. The van der Waals surface area contributed by atoms with E-state index in [-0.39, 0.29) is 22.1 Å². The first-order chi connectivity index (χ1) is 12.8. The number of hydrogen-bond acceptors (Lipinski definition) is 7. The summed E-state index contributed by atoms with van der Waals surface area (Å²) in [6.07, 6.45) is 1.68. The first-order valence-electron chi connectivity index (χ1n) is 9.03. The third-order valence-electron chi connectivity index (χ3n) is 4.45. The van der Waals surface area contributed by atoms with Crippen LogP contribution in [0.5, 0.6) is 0 Å².